The van der Waals surface area contributed by atoms with Crippen LogP contribution in [-0.2, 0) is 4.79 Å². The van der Waals surface area contributed by atoms with Crippen LogP contribution in [0, 0.1) is 5.41 Å². The quantitative estimate of drug-likeness (QED) is 0.590. The molecule has 0 radical (unpaired) electrons. The summed E-state index contributed by atoms with van der Waals surface area (Å²) in [6.07, 6.45) is 7.43. The van der Waals surface area contributed by atoms with Crippen molar-refractivity contribution < 1.29 is 9.90 Å². The summed E-state index contributed by atoms with van der Waals surface area (Å²) in [4.78, 5) is 11.6. The van der Waals surface area contributed by atoms with Crippen LogP contribution in [0.2, 0.25) is 0 Å². The molecule has 0 aliphatic heterocycles. The van der Waals surface area contributed by atoms with E-state index < -0.39 is 0 Å². The number of carbonyl (C=O) groups excluding carboxylic acids is 1. The van der Waals surface area contributed by atoms with Gasteiger partial charge in [-0.15, -0.1) is 0 Å². The lowest BCUT2D eigenvalue weighted by Gasteiger charge is -2.35. The van der Waals surface area contributed by atoms with Gasteiger partial charge in [0.2, 0.25) is 5.91 Å². The van der Waals surface area contributed by atoms with Gasteiger partial charge in [0.25, 0.3) is 0 Å². The Kier molecular flexibility index (Phi) is 7.39. The van der Waals surface area contributed by atoms with E-state index in [-0.39, 0.29) is 24.0 Å². The Balaban J connectivity index is 2.17. The molecule has 0 aromatic rings. The zero-order valence-corrected chi connectivity index (χ0v) is 12.5. The average molecular weight is 270 g/mol. The summed E-state index contributed by atoms with van der Waals surface area (Å²) < 4.78 is 0. The van der Waals surface area contributed by atoms with Crippen LogP contribution in [0.3, 0.4) is 0 Å². The second-order valence-electron chi connectivity index (χ2n) is 6.02. The monoisotopic (exact) mass is 270 g/mol. The molecule has 3 N–H and O–H groups in total. The van der Waals surface area contributed by atoms with E-state index in [0.717, 1.165) is 25.8 Å². The molecule has 1 amide bonds. The standard InChI is InChI=1S/C15H30N2O2/c1-3-13(2)17-14(19)7-10-16-11-15(12-18)8-5-4-6-9-15/h13,16,18H,3-12H2,1-2H3,(H,17,19). The van der Waals surface area contributed by atoms with E-state index in [4.69, 9.17) is 0 Å². The molecule has 1 fully saturated rings. The average Bonchev–Trinajstić information content (AvgIpc) is 2.44. The molecule has 1 aliphatic carbocycles. The number of nitrogens with one attached hydrogen (secondary N) is 2. The molecular weight excluding hydrogens is 240 g/mol. The maximum absolute atomic E-state index is 11.6. The molecule has 0 spiro atoms. The van der Waals surface area contributed by atoms with Gasteiger partial charge in [-0.2, -0.15) is 0 Å². The van der Waals surface area contributed by atoms with Crippen LogP contribution in [0.4, 0.5) is 0 Å². The number of aliphatic hydroxyl groups is 1. The van der Waals surface area contributed by atoms with Crippen molar-refractivity contribution in [1.82, 2.24) is 10.6 Å². The fourth-order valence-corrected chi connectivity index (χ4v) is 2.70. The van der Waals surface area contributed by atoms with Gasteiger partial charge in [-0.25, -0.2) is 0 Å². The highest BCUT2D eigenvalue weighted by atomic mass is 16.3. The Bertz CT molecular complexity index is 263. The van der Waals surface area contributed by atoms with Crippen LogP contribution < -0.4 is 10.6 Å². The highest BCUT2D eigenvalue weighted by molar-refractivity contribution is 5.76. The minimum Gasteiger partial charge on any atom is -0.396 e. The van der Waals surface area contributed by atoms with Gasteiger partial charge in [0, 0.05) is 37.6 Å². The first-order valence-electron chi connectivity index (χ1n) is 7.73. The fourth-order valence-electron chi connectivity index (χ4n) is 2.70. The summed E-state index contributed by atoms with van der Waals surface area (Å²) in [5.74, 6) is 0.114. The lowest BCUT2D eigenvalue weighted by molar-refractivity contribution is -0.121. The van der Waals surface area contributed by atoms with Crippen LogP contribution in [0.25, 0.3) is 0 Å². The van der Waals surface area contributed by atoms with Gasteiger partial charge in [-0.1, -0.05) is 26.2 Å². The molecule has 1 rings (SSSR count). The first-order chi connectivity index (χ1) is 9.12. The summed E-state index contributed by atoms with van der Waals surface area (Å²) in [6.45, 7) is 5.88. The van der Waals surface area contributed by atoms with Gasteiger partial charge in [0.05, 0.1) is 0 Å². The summed E-state index contributed by atoms with van der Waals surface area (Å²) >= 11 is 0. The smallest absolute Gasteiger partial charge is 0.221 e. The summed E-state index contributed by atoms with van der Waals surface area (Å²) in [6, 6.07) is 0.259. The van der Waals surface area contributed by atoms with Gasteiger partial charge in [-0.3, -0.25) is 4.79 Å². The minimum absolute atomic E-state index is 0.0609. The van der Waals surface area contributed by atoms with Crippen LogP contribution in [0.1, 0.15) is 58.8 Å². The van der Waals surface area contributed by atoms with E-state index in [9.17, 15) is 9.90 Å². The predicted molar refractivity (Wildman–Crippen MR) is 78.0 cm³/mol. The molecule has 0 heterocycles. The maximum atomic E-state index is 11.6. The van der Waals surface area contributed by atoms with Gasteiger partial charge in [0.15, 0.2) is 0 Å². The highest BCUT2D eigenvalue weighted by Gasteiger charge is 2.30. The summed E-state index contributed by atoms with van der Waals surface area (Å²) in [7, 11) is 0. The molecule has 0 saturated heterocycles. The summed E-state index contributed by atoms with van der Waals surface area (Å²) in [5, 5.41) is 15.9. The summed E-state index contributed by atoms with van der Waals surface area (Å²) in [5.41, 5.74) is 0.0609. The lowest BCUT2D eigenvalue weighted by atomic mass is 9.74. The fraction of sp³-hybridized carbons (Fsp3) is 0.933. The van der Waals surface area contributed by atoms with Crippen LogP contribution in [-0.4, -0.2) is 36.8 Å². The number of hydrogen-bond donors (Lipinski definition) is 3. The third kappa shape index (κ3) is 5.91. The van der Waals surface area contributed by atoms with Gasteiger partial charge in [-0.05, 0) is 26.2 Å². The van der Waals surface area contributed by atoms with E-state index in [1.807, 2.05) is 6.92 Å². The molecule has 4 nitrogen and oxygen atoms in total. The zero-order valence-electron chi connectivity index (χ0n) is 12.5. The molecule has 4 heteroatoms. The van der Waals surface area contributed by atoms with Crippen molar-refractivity contribution in [1.29, 1.82) is 0 Å². The number of rotatable bonds is 8. The number of aliphatic hydroxyl groups excluding tert-OH is 1. The van der Waals surface area contributed by atoms with E-state index in [1.165, 1.54) is 19.3 Å². The largest absolute Gasteiger partial charge is 0.396 e. The van der Waals surface area contributed by atoms with Crippen LogP contribution in [0.5, 0.6) is 0 Å². The van der Waals surface area contributed by atoms with Crippen LogP contribution >= 0.6 is 0 Å². The number of hydrogen-bond acceptors (Lipinski definition) is 3. The van der Waals surface area contributed by atoms with E-state index in [1.54, 1.807) is 0 Å². The van der Waals surface area contributed by atoms with E-state index in [0.29, 0.717) is 13.0 Å². The first-order valence-corrected chi connectivity index (χ1v) is 7.73. The van der Waals surface area contributed by atoms with Crippen molar-refractivity contribution in [3.63, 3.8) is 0 Å². The van der Waals surface area contributed by atoms with Crippen molar-refractivity contribution in [3.05, 3.63) is 0 Å². The van der Waals surface area contributed by atoms with Crippen molar-refractivity contribution in [2.24, 2.45) is 5.41 Å². The molecule has 19 heavy (non-hydrogen) atoms. The third-order valence-corrected chi connectivity index (χ3v) is 4.30. The highest BCUT2D eigenvalue weighted by Crippen LogP contribution is 2.35. The second kappa shape index (κ2) is 8.54. The van der Waals surface area contributed by atoms with Gasteiger partial charge < -0.3 is 15.7 Å². The van der Waals surface area contributed by atoms with Crippen molar-refractivity contribution in [2.45, 2.75) is 64.8 Å². The maximum Gasteiger partial charge on any atom is 0.221 e. The van der Waals surface area contributed by atoms with Gasteiger partial charge >= 0.3 is 0 Å². The lowest BCUT2D eigenvalue weighted by Crippen LogP contribution is -2.40. The third-order valence-electron chi connectivity index (χ3n) is 4.30. The van der Waals surface area contributed by atoms with Crippen molar-refractivity contribution in [3.8, 4) is 0 Å². The SMILES string of the molecule is CCC(C)NC(=O)CCNCC1(CO)CCCCC1. The Morgan fingerprint density at radius 3 is 2.58 bits per heavy atom. The Morgan fingerprint density at radius 1 is 1.32 bits per heavy atom. The Morgan fingerprint density at radius 2 is 2.00 bits per heavy atom. The van der Waals surface area contributed by atoms with E-state index in [2.05, 4.69) is 17.6 Å². The topological polar surface area (TPSA) is 61.4 Å². The van der Waals surface area contributed by atoms with Crippen LogP contribution in [0.15, 0.2) is 0 Å². The Labute approximate surface area is 117 Å². The normalized spacial score (nSPS) is 19.9. The van der Waals surface area contributed by atoms with Crippen molar-refractivity contribution >= 4 is 5.91 Å². The van der Waals surface area contributed by atoms with Gasteiger partial charge in [0.1, 0.15) is 0 Å². The molecule has 1 unspecified atom stereocenters. The molecule has 1 aliphatic rings. The second-order valence-corrected chi connectivity index (χ2v) is 6.02. The van der Waals surface area contributed by atoms with Crippen molar-refractivity contribution in [2.75, 3.05) is 19.7 Å². The molecule has 0 aromatic carbocycles. The molecule has 112 valence electrons. The molecule has 0 aromatic heterocycles. The molecule has 0 bridgehead atoms. The molecular formula is C15H30N2O2. The number of amides is 1. The zero-order chi connectivity index (χ0) is 14.1. The molecule has 1 saturated carbocycles. The van der Waals surface area contributed by atoms with E-state index >= 15 is 0 Å². The molecule has 1 atom stereocenters. The predicted octanol–water partition coefficient (Wildman–Crippen LogP) is 1.82. The number of carbonyl (C=O) groups is 1. The minimum atomic E-state index is 0.0609. The Hall–Kier alpha value is -0.610. The first kappa shape index (κ1) is 16.4.